The maximum absolute atomic E-state index is 12.3. The van der Waals surface area contributed by atoms with Gasteiger partial charge in [-0.1, -0.05) is 18.2 Å². The summed E-state index contributed by atoms with van der Waals surface area (Å²) in [5, 5.41) is 11.0. The number of anilines is 1. The van der Waals surface area contributed by atoms with Crippen molar-refractivity contribution in [1.82, 2.24) is 9.44 Å². The van der Waals surface area contributed by atoms with Crippen LogP contribution in [-0.2, 0) is 29.6 Å². The summed E-state index contributed by atoms with van der Waals surface area (Å²) in [7, 11) is -2.06. The molecule has 0 aliphatic carbocycles. The summed E-state index contributed by atoms with van der Waals surface area (Å²) in [4.78, 5) is 22.0. The second-order valence-corrected chi connectivity index (χ2v) is 11.5. The first-order valence-electron chi connectivity index (χ1n) is 11.9. The summed E-state index contributed by atoms with van der Waals surface area (Å²) in [6.45, 7) is -1.07. The first kappa shape index (κ1) is 33.8. The molecule has 14 nitrogen and oxygen atoms in total. The summed E-state index contributed by atoms with van der Waals surface area (Å²) in [6.07, 6.45) is 0. The van der Waals surface area contributed by atoms with Gasteiger partial charge in [0, 0.05) is 17.8 Å². The number of methoxy groups -OCH3 is 4. The number of hydrogen-bond donors (Lipinski definition) is 4. The standard InChI is InChI=1S/C16H18N2O5S.C10H13NO6S/c1-22-14-9-8-13(10-15(14)23-2)24(20,21)17-11-16(19)18-12-6-4-3-5-7-12;1-16-8-4-3-7(5-9(8)17-2)18(14,15)11-6-10(12)13/h3-10,17H,11H2,1-2H3,(H,18,19);3-5,11H,6H2,1-2H3,(H,12,13). The number of ether oxygens (including phenoxy) is 4. The number of carboxylic acid groups (broad SMARTS) is 1. The maximum Gasteiger partial charge on any atom is 0.318 e. The molecule has 42 heavy (non-hydrogen) atoms. The molecule has 0 bridgehead atoms. The van der Waals surface area contributed by atoms with Crippen molar-refractivity contribution in [1.29, 1.82) is 0 Å². The van der Waals surface area contributed by atoms with E-state index in [4.69, 9.17) is 24.1 Å². The molecule has 0 radical (unpaired) electrons. The van der Waals surface area contributed by atoms with Crippen molar-refractivity contribution in [3.05, 3.63) is 66.7 Å². The Morgan fingerprint density at radius 1 is 0.643 bits per heavy atom. The molecule has 228 valence electrons. The van der Waals surface area contributed by atoms with Gasteiger partial charge in [-0.15, -0.1) is 0 Å². The van der Waals surface area contributed by atoms with E-state index in [0.717, 1.165) is 0 Å². The quantitative estimate of drug-likeness (QED) is 0.216. The van der Waals surface area contributed by atoms with Crippen LogP contribution < -0.4 is 33.7 Å². The fourth-order valence-electron chi connectivity index (χ4n) is 3.18. The van der Waals surface area contributed by atoms with Crippen molar-refractivity contribution in [3.8, 4) is 23.0 Å². The highest BCUT2D eigenvalue weighted by Crippen LogP contribution is 2.30. The fraction of sp³-hybridized carbons (Fsp3) is 0.231. The number of carbonyl (C=O) groups is 2. The van der Waals surface area contributed by atoms with Gasteiger partial charge in [0.15, 0.2) is 23.0 Å². The SMILES string of the molecule is COc1ccc(S(=O)(=O)NCC(=O)Nc2ccccc2)cc1OC.COc1ccc(S(=O)(=O)NCC(=O)O)cc1OC. The molecule has 0 aromatic heterocycles. The van der Waals surface area contributed by atoms with Crippen molar-refractivity contribution in [3.63, 3.8) is 0 Å². The van der Waals surface area contributed by atoms with E-state index < -0.39 is 38.5 Å². The number of carboxylic acids is 1. The Kier molecular flexibility index (Phi) is 12.5. The molecule has 0 spiro atoms. The highest BCUT2D eigenvalue weighted by Gasteiger charge is 2.19. The summed E-state index contributed by atoms with van der Waals surface area (Å²) >= 11 is 0. The van der Waals surface area contributed by atoms with Gasteiger partial charge < -0.3 is 29.4 Å². The molecule has 0 aliphatic rings. The van der Waals surface area contributed by atoms with Crippen LogP contribution in [0.25, 0.3) is 0 Å². The number of aliphatic carboxylic acids is 1. The smallest absolute Gasteiger partial charge is 0.318 e. The normalized spacial score (nSPS) is 11.0. The topological polar surface area (TPSA) is 196 Å². The summed E-state index contributed by atoms with van der Waals surface area (Å²) in [6, 6.07) is 16.9. The largest absolute Gasteiger partial charge is 0.493 e. The van der Waals surface area contributed by atoms with Gasteiger partial charge in [-0.25, -0.2) is 21.6 Å². The molecule has 0 atom stereocenters. The van der Waals surface area contributed by atoms with Crippen LogP contribution in [0.5, 0.6) is 23.0 Å². The van der Waals surface area contributed by atoms with Gasteiger partial charge in [-0.05, 0) is 36.4 Å². The summed E-state index contributed by atoms with van der Waals surface area (Å²) in [5.41, 5.74) is 0.591. The van der Waals surface area contributed by atoms with Gasteiger partial charge in [-0.3, -0.25) is 9.59 Å². The van der Waals surface area contributed by atoms with Gasteiger partial charge in [-0.2, -0.15) is 4.72 Å². The zero-order valence-electron chi connectivity index (χ0n) is 23.1. The van der Waals surface area contributed by atoms with E-state index in [-0.39, 0.29) is 27.8 Å². The van der Waals surface area contributed by atoms with E-state index in [1.54, 1.807) is 24.3 Å². The third-order valence-electron chi connectivity index (χ3n) is 5.22. The van der Waals surface area contributed by atoms with E-state index in [0.29, 0.717) is 17.2 Å². The van der Waals surface area contributed by atoms with Crippen LogP contribution >= 0.6 is 0 Å². The predicted octanol–water partition coefficient (Wildman–Crippen LogP) is 1.69. The molecular weight excluding hydrogens is 594 g/mol. The van der Waals surface area contributed by atoms with E-state index >= 15 is 0 Å². The summed E-state index contributed by atoms with van der Waals surface area (Å²) < 4.78 is 72.3. The second-order valence-electron chi connectivity index (χ2n) is 7.99. The van der Waals surface area contributed by atoms with Gasteiger partial charge in [0.25, 0.3) is 0 Å². The van der Waals surface area contributed by atoms with Gasteiger partial charge in [0.05, 0.1) is 44.8 Å². The Bertz CT molecular complexity index is 1580. The average molecular weight is 626 g/mol. The van der Waals surface area contributed by atoms with E-state index in [9.17, 15) is 26.4 Å². The van der Waals surface area contributed by atoms with Crippen LogP contribution in [0.1, 0.15) is 0 Å². The lowest BCUT2D eigenvalue weighted by Gasteiger charge is -2.11. The lowest BCUT2D eigenvalue weighted by atomic mass is 10.3. The van der Waals surface area contributed by atoms with Gasteiger partial charge in [0.1, 0.15) is 6.54 Å². The zero-order valence-corrected chi connectivity index (χ0v) is 24.7. The lowest BCUT2D eigenvalue weighted by Crippen LogP contribution is -2.32. The zero-order chi connectivity index (χ0) is 31.3. The van der Waals surface area contributed by atoms with Crippen LogP contribution in [0.2, 0.25) is 0 Å². The van der Waals surface area contributed by atoms with Crippen molar-refractivity contribution in [2.75, 3.05) is 46.8 Å². The fourth-order valence-corrected chi connectivity index (χ4v) is 5.16. The van der Waals surface area contributed by atoms with E-state index in [1.165, 1.54) is 64.8 Å². The van der Waals surface area contributed by atoms with Crippen molar-refractivity contribution in [2.45, 2.75) is 9.79 Å². The predicted molar refractivity (Wildman–Crippen MR) is 152 cm³/mol. The number of sulfonamides is 2. The Hall–Kier alpha value is -4.38. The van der Waals surface area contributed by atoms with Crippen LogP contribution in [-0.4, -0.2) is 75.3 Å². The monoisotopic (exact) mass is 625 g/mol. The number of para-hydroxylation sites is 1. The second kappa shape index (κ2) is 15.6. The van der Waals surface area contributed by atoms with Gasteiger partial charge in [0.2, 0.25) is 26.0 Å². The molecule has 0 unspecified atom stereocenters. The first-order valence-corrected chi connectivity index (χ1v) is 14.8. The van der Waals surface area contributed by atoms with Crippen molar-refractivity contribution >= 4 is 37.6 Å². The van der Waals surface area contributed by atoms with E-state index in [2.05, 4.69) is 10.0 Å². The highest BCUT2D eigenvalue weighted by atomic mass is 32.2. The molecule has 0 aliphatic heterocycles. The molecule has 0 saturated carbocycles. The molecule has 0 saturated heterocycles. The van der Waals surface area contributed by atoms with Crippen LogP contribution in [0.3, 0.4) is 0 Å². The van der Waals surface area contributed by atoms with E-state index in [1.807, 2.05) is 10.8 Å². The number of hydrogen-bond acceptors (Lipinski definition) is 10. The summed E-state index contributed by atoms with van der Waals surface area (Å²) in [5.74, 6) is -0.401. The molecule has 3 aromatic carbocycles. The number of nitrogens with one attached hydrogen (secondary N) is 3. The van der Waals surface area contributed by atoms with Gasteiger partial charge >= 0.3 is 5.97 Å². The Morgan fingerprint density at radius 2 is 1.07 bits per heavy atom. The van der Waals surface area contributed by atoms with Crippen molar-refractivity contribution < 1.29 is 50.5 Å². The number of carbonyl (C=O) groups excluding carboxylic acids is 1. The maximum atomic E-state index is 12.3. The first-order chi connectivity index (χ1) is 19.9. The molecule has 1 amide bonds. The minimum Gasteiger partial charge on any atom is -0.493 e. The van der Waals surface area contributed by atoms with Crippen LogP contribution in [0.15, 0.2) is 76.5 Å². The van der Waals surface area contributed by atoms with Crippen LogP contribution in [0.4, 0.5) is 5.69 Å². The highest BCUT2D eigenvalue weighted by molar-refractivity contribution is 7.89. The Balaban J connectivity index is 0.000000307. The number of rotatable bonds is 13. The molecule has 16 heteroatoms. The van der Waals surface area contributed by atoms with Crippen molar-refractivity contribution in [2.24, 2.45) is 0 Å². The minimum absolute atomic E-state index is 0.0207. The number of amides is 1. The molecular formula is C26H31N3O11S2. The Labute approximate surface area is 243 Å². The third kappa shape index (κ3) is 9.91. The average Bonchev–Trinajstić information content (AvgIpc) is 2.99. The molecule has 3 rings (SSSR count). The minimum atomic E-state index is -3.88. The molecule has 3 aromatic rings. The molecule has 0 fully saturated rings. The Morgan fingerprint density at radius 3 is 1.48 bits per heavy atom. The molecule has 4 N–H and O–H groups in total. The lowest BCUT2D eigenvalue weighted by molar-refractivity contribution is -0.135. The molecule has 0 heterocycles. The number of benzene rings is 3. The third-order valence-corrected chi connectivity index (χ3v) is 8.02. The van der Waals surface area contributed by atoms with Crippen LogP contribution in [0, 0.1) is 0 Å².